The summed E-state index contributed by atoms with van der Waals surface area (Å²) in [7, 11) is 0. The van der Waals surface area contributed by atoms with E-state index in [0.29, 0.717) is 12.6 Å². The molecule has 0 saturated carbocycles. The van der Waals surface area contributed by atoms with Crippen molar-refractivity contribution in [3.8, 4) is 0 Å². The SMILES string of the molecule is CCOC(=O)N1CCC(N2CCC3(CC2)CN(c2cncnc2)c2ccc(F)cc23)CC1. The van der Waals surface area contributed by atoms with Gasteiger partial charge in [-0.3, -0.25) is 0 Å². The van der Waals surface area contributed by atoms with Gasteiger partial charge in [0.1, 0.15) is 12.1 Å². The van der Waals surface area contributed by atoms with Gasteiger partial charge >= 0.3 is 6.09 Å². The number of halogens is 1. The lowest BCUT2D eigenvalue weighted by Gasteiger charge is -2.45. The first-order valence-electron chi connectivity index (χ1n) is 11.6. The highest BCUT2D eigenvalue weighted by Crippen LogP contribution is 2.50. The molecule has 170 valence electrons. The first-order valence-corrected chi connectivity index (χ1v) is 11.6. The molecule has 8 heteroatoms. The Labute approximate surface area is 188 Å². The Morgan fingerprint density at radius 3 is 2.56 bits per heavy atom. The van der Waals surface area contributed by atoms with Crippen LogP contribution in [0.5, 0.6) is 0 Å². The minimum Gasteiger partial charge on any atom is -0.450 e. The van der Waals surface area contributed by atoms with Crippen LogP contribution in [0.25, 0.3) is 0 Å². The number of piperidine rings is 2. The Bertz CT molecular complexity index is 956. The number of likely N-dealkylation sites (tertiary alicyclic amines) is 2. The van der Waals surface area contributed by atoms with Crippen LogP contribution in [0.1, 0.15) is 38.2 Å². The van der Waals surface area contributed by atoms with E-state index in [1.807, 2.05) is 30.3 Å². The van der Waals surface area contributed by atoms with Crippen LogP contribution in [0.3, 0.4) is 0 Å². The first kappa shape index (κ1) is 21.1. The zero-order valence-corrected chi connectivity index (χ0v) is 18.5. The van der Waals surface area contributed by atoms with E-state index in [9.17, 15) is 9.18 Å². The molecule has 0 bridgehead atoms. The molecule has 32 heavy (non-hydrogen) atoms. The van der Waals surface area contributed by atoms with Crippen LogP contribution in [0.15, 0.2) is 36.9 Å². The number of benzene rings is 1. The standard InChI is InChI=1S/C24H30FN5O2/c1-2-32-23(31)29-9-5-19(6-10-29)28-11-7-24(8-12-28)16-30(20-14-26-17-27-15-20)22-4-3-18(25)13-21(22)24/h3-4,13-15,17,19H,2,5-12,16H2,1H3. The molecule has 3 aliphatic rings. The fraction of sp³-hybridized carbons (Fsp3) is 0.542. The number of carbonyl (C=O) groups is 1. The van der Waals surface area contributed by atoms with Gasteiger partial charge in [-0.15, -0.1) is 0 Å². The highest BCUT2D eigenvalue weighted by molar-refractivity contribution is 5.72. The van der Waals surface area contributed by atoms with Crippen LogP contribution in [-0.4, -0.2) is 71.2 Å². The molecule has 2 aromatic rings. The van der Waals surface area contributed by atoms with E-state index in [0.717, 1.165) is 75.3 Å². The number of aromatic nitrogens is 2. The second kappa shape index (κ2) is 8.65. The fourth-order valence-electron chi connectivity index (χ4n) is 5.68. The average molecular weight is 440 g/mol. The maximum atomic E-state index is 14.3. The zero-order chi connectivity index (χ0) is 22.1. The molecule has 0 aliphatic carbocycles. The van der Waals surface area contributed by atoms with Crippen LogP contribution in [0.4, 0.5) is 20.6 Å². The molecule has 0 unspecified atom stereocenters. The third-order valence-electron chi connectivity index (χ3n) is 7.40. The van der Waals surface area contributed by atoms with Gasteiger partial charge in [0.25, 0.3) is 0 Å². The van der Waals surface area contributed by atoms with Crippen molar-refractivity contribution in [3.05, 3.63) is 48.3 Å². The lowest BCUT2D eigenvalue weighted by atomic mass is 9.74. The maximum Gasteiger partial charge on any atom is 0.409 e. The number of anilines is 2. The summed E-state index contributed by atoms with van der Waals surface area (Å²) in [6.45, 7) is 6.56. The Morgan fingerprint density at radius 1 is 1.16 bits per heavy atom. The van der Waals surface area contributed by atoms with Gasteiger partial charge in [-0.25, -0.2) is 19.2 Å². The summed E-state index contributed by atoms with van der Waals surface area (Å²) >= 11 is 0. The molecule has 5 rings (SSSR count). The molecule has 7 nitrogen and oxygen atoms in total. The van der Waals surface area contributed by atoms with Crippen LogP contribution in [0.2, 0.25) is 0 Å². The van der Waals surface area contributed by atoms with E-state index < -0.39 is 0 Å². The van der Waals surface area contributed by atoms with Crippen molar-refractivity contribution in [1.29, 1.82) is 0 Å². The minimum atomic E-state index is -0.196. The molecule has 1 spiro atoms. The third-order valence-corrected chi connectivity index (χ3v) is 7.40. The van der Waals surface area contributed by atoms with Gasteiger partial charge in [-0.2, -0.15) is 0 Å². The molecule has 0 N–H and O–H groups in total. The molecule has 0 radical (unpaired) electrons. The molecule has 2 fully saturated rings. The Morgan fingerprint density at radius 2 is 1.88 bits per heavy atom. The van der Waals surface area contributed by atoms with E-state index in [1.165, 1.54) is 6.33 Å². The number of hydrogen-bond acceptors (Lipinski definition) is 6. The smallest absolute Gasteiger partial charge is 0.409 e. The van der Waals surface area contributed by atoms with Gasteiger partial charge in [0.05, 0.1) is 24.7 Å². The molecule has 4 heterocycles. The number of amides is 1. The molecule has 1 aromatic heterocycles. The summed E-state index contributed by atoms with van der Waals surface area (Å²) in [6, 6.07) is 5.66. The Kier molecular flexibility index (Phi) is 5.71. The van der Waals surface area contributed by atoms with Crippen molar-refractivity contribution in [2.45, 2.75) is 44.1 Å². The van der Waals surface area contributed by atoms with Gasteiger partial charge in [0, 0.05) is 36.8 Å². The Hall–Kier alpha value is -2.74. The maximum absolute atomic E-state index is 14.3. The zero-order valence-electron chi connectivity index (χ0n) is 18.5. The molecule has 3 aliphatic heterocycles. The van der Waals surface area contributed by atoms with Gasteiger partial charge in [0.15, 0.2) is 0 Å². The summed E-state index contributed by atoms with van der Waals surface area (Å²) < 4.78 is 19.4. The van der Waals surface area contributed by atoms with Crippen molar-refractivity contribution in [2.75, 3.05) is 44.2 Å². The largest absolute Gasteiger partial charge is 0.450 e. The van der Waals surface area contributed by atoms with Gasteiger partial charge in [0.2, 0.25) is 0 Å². The monoisotopic (exact) mass is 439 g/mol. The van der Waals surface area contributed by atoms with Gasteiger partial charge in [-0.1, -0.05) is 0 Å². The Balaban J connectivity index is 1.28. The second-order valence-corrected chi connectivity index (χ2v) is 9.08. The number of fused-ring (bicyclic) bond motifs is 2. The summed E-state index contributed by atoms with van der Waals surface area (Å²) in [5.41, 5.74) is 3.07. The van der Waals surface area contributed by atoms with E-state index in [2.05, 4.69) is 19.8 Å². The molecule has 0 atom stereocenters. The lowest BCUT2D eigenvalue weighted by Crippen LogP contribution is -2.52. The van der Waals surface area contributed by atoms with Crippen molar-refractivity contribution in [3.63, 3.8) is 0 Å². The summed E-state index contributed by atoms with van der Waals surface area (Å²) in [4.78, 5) is 27.0. The number of rotatable bonds is 3. The van der Waals surface area contributed by atoms with E-state index >= 15 is 0 Å². The molecule has 1 amide bonds. The predicted octanol–water partition coefficient (Wildman–Crippen LogP) is 3.72. The van der Waals surface area contributed by atoms with Crippen LogP contribution >= 0.6 is 0 Å². The summed E-state index contributed by atoms with van der Waals surface area (Å²) in [5, 5.41) is 0. The van der Waals surface area contributed by atoms with Crippen molar-refractivity contribution >= 4 is 17.5 Å². The van der Waals surface area contributed by atoms with E-state index in [-0.39, 0.29) is 17.3 Å². The third kappa shape index (κ3) is 3.81. The predicted molar refractivity (Wildman–Crippen MR) is 120 cm³/mol. The quantitative estimate of drug-likeness (QED) is 0.727. The van der Waals surface area contributed by atoms with E-state index in [4.69, 9.17) is 4.74 Å². The van der Waals surface area contributed by atoms with Crippen molar-refractivity contribution in [2.24, 2.45) is 0 Å². The number of carbonyl (C=O) groups excluding carboxylic acids is 1. The van der Waals surface area contributed by atoms with Crippen LogP contribution in [0, 0.1) is 5.82 Å². The first-order chi connectivity index (χ1) is 15.6. The average Bonchev–Trinajstić information content (AvgIpc) is 3.13. The van der Waals surface area contributed by atoms with E-state index in [1.54, 1.807) is 12.1 Å². The second-order valence-electron chi connectivity index (χ2n) is 9.08. The molecular weight excluding hydrogens is 409 g/mol. The highest BCUT2D eigenvalue weighted by atomic mass is 19.1. The number of ether oxygens (including phenoxy) is 1. The highest BCUT2D eigenvalue weighted by Gasteiger charge is 2.46. The normalized spacial score (nSPS) is 21.1. The number of hydrogen-bond donors (Lipinski definition) is 0. The van der Waals surface area contributed by atoms with Crippen LogP contribution < -0.4 is 4.90 Å². The molecule has 2 saturated heterocycles. The summed E-state index contributed by atoms with van der Waals surface area (Å²) in [5.74, 6) is -0.178. The number of nitrogens with zero attached hydrogens (tertiary/aromatic N) is 5. The van der Waals surface area contributed by atoms with Crippen LogP contribution in [-0.2, 0) is 10.2 Å². The summed E-state index contributed by atoms with van der Waals surface area (Å²) in [6.07, 6.45) is 8.93. The molecular formula is C24H30FN5O2. The topological polar surface area (TPSA) is 61.8 Å². The molecule has 1 aromatic carbocycles. The van der Waals surface area contributed by atoms with Crippen molar-refractivity contribution in [1.82, 2.24) is 19.8 Å². The van der Waals surface area contributed by atoms with Crippen molar-refractivity contribution < 1.29 is 13.9 Å². The lowest BCUT2D eigenvalue weighted by molar-refractivity contribution is 0.0581. The van der Waals surface area contributed by atoms with Gasteiger partial charge in [-0.05, 0) is 69.5 Å². The van der Waals surface area contributed by atoms with Gasteiger partial charge < -0.3 is 19.4 Å². The minimum absolute atomic E-state index is 0.0601. The fourth-order valence-corrected chi connectivity index (χ4v) is 5.68.